The molecule has 1 aliphatic heterocycles. The van der Waals surface area contributed by atoms with Gasteiger partial charge in [-0.15, -0.1) is 24.0 Å². The van der Waals surface area contributed by atoms with Gasteiger partial charge in [0.05, 0.1) is 6.54 Å². The molecule has 0 saturated carbocycles. The van der Waals surface area contributed by atoms with E-state index in [-0.39, 0.29) is 29.9 Å². The Bertz CT molecular complexity index is 733. The summed E-state index contributed by atoms with van der Waals surface area (Å²) in [5, 5.41) is 3.08. The molecule has 2 aromatic carbocycles. The molecule has 1 fully saturated rings. The smallest absolute Gasteiger partial charge is 0.222 e. The van der Waals surface area contributed by atoms with Gasteiger partial charge in [-0.05, 0) is 29.7 Å². The number of carbonyl (C=O) groups is 1. The van der Waals surface area contributed by atoms with Gasteiger partial charge in [0.15, 0.2) is 5.96 Å². The zero-order valence-electron chi connectivity index (χ0n) is 14.0. The molecule has 2 aromatic rings. The first kappa shape index (κ1) is 19.2. The van der Waals surface area contributed by atoms with Crippen molar-refractivity contribution in [1.29, 1.82) is 0 Å². The van der Waals surface area contributed by atoms with E-state index in [1.807, 2.05) is 53.4 Å². The Hall–Kier alpha value is -2.09. The summed E-state index contributed by atoms with van der Waals surface area (Å²) in [6.07, 6.45) is 1.61. The Morgan fingerprint density at radius 3 is 2.44 bits per heavy atom. The first-order valence-corrected chi connectivity index (χ1v) is 8.19. The highest BCUT2D eigenvalue weighted by atomic mass is 127. The second-order valence-corrected chi connectivity index (χ2v) is 5.88. The van der Waals surface area contributed by atoms with Crippen LogP contribution in [0.25, 0.3) is 0 Å². The molecule has 0 bridgehead atoms. The van der Waals surface area contributed by atoms with Crippen LogP contribution in [0.4, 0.5) is 5.69 Å². The first-order valence-electron chi connectivity index (χ1n) is 8.19. The molecule has 1 aliphatic rings. The quantitative estimate of drug-likeness (QED) is 0.417. The molecule has 0 spiro atoms. The Morgan fingerprint density at radius 1 is 1.08 bits per heavy atom. The number of anilines is 1. The summed E-state index contributed by atoms with van der Waals surface area (Å²) in [5.41, 5.74) is 9.10. The molecule has 6 heteroatoms. The maximum Gasteiger partial charge on any atom is 0.222 e. The van der Waals surface area contributed by atoms with Crippen LogP contribution in [-0.2, 0) is 17.9 Å². The standard InChI is InChI=1S/C19H22N4O.HI/c20-19(22-17-9-2-1-3-10-17)21-13-15-7-4-5-8-16(15)14-23-12-6-11-18(23)24;/h1-5,7-10H,6,11-14H2,(H3,20,21,22);1H. The molecule has 0 radical (unpaired) electrons. The second-order valence-electron chi connectivity index (χ2n) is 5.88. The van der Waals surface area contributed by atoms with Crippen molar-refractivity contribution in [3.63, 3.8) is 0 Å². The van der Waals surface area contributed by atoms with Crippen molar-refractivity contribution in [3.05, 3.63) is 65.7 Å². The lowest BCUT2D eigenvalue weighted by Crippen LogP contribution is -2.25. The van der Waals surface area contributed by atoms with Gasteiger partial charge in [-0.1, -0.05) is 42.5 Å². The van der Waals surface area contributed by atoms with Crippen molar-refractivity contribution < 1.29 is 4.79 Å². The average molecular weight is 450 g/mol. The number of hydrogen-bond donors (Lipinski definition) is 2. The van der Waals surface area contributed by atoms with Gasteiger partial charge in [-0.2, -0.15) is 0 Å². The summed E-state index contributed by atoms with van der Waals surface area (Å²) >= 11 is 0. The molecule has 0 unspecified atom stereocenters. The third kappa shape index (κ3) is 5.45. The number of aliphatic imine (C=N–C) groups is 1. The van der Waals surface area contributed by atoms with Crippen molar-refractivity contribution in [2.75, 3.05) is 11.9 Å². The van der Waals surface area contributed by atoms with Crippen molar-refractivity contribution >= 4 is 41.5 Å². The lowest BCUT2D eigenvalue weighted by Gasteiger charge is -2.17. The average Bonchev–Trinajstić information content (AvgIpc) is 3.00. The summed E-state index contributed by atoms with van der Waals surface area (Å²) in [7, 11) is 0. The zero-order valence-corrected chi connectivity index (χ0v) is 16.4. The van der Waals surface area contributed by atoms with Crippen molar-refractivity contribution in [2.24, 2.45) is 10.7 Å². The van der Waals surface area contributed by atoms with E-state index in [1.54, 1.807) is 0 Å². The Kier molecular flexibility index (Phi) is 7.24. The molecule has 0 aromatic heterocycles. The van der Waals surface area contributed by atoms with Crippen molar-refractivity contribution in [3.8, 4) is 0 Å². The van der Waals surface area contributed by atoms with Crippen molar-refractivity contribution in [1.82, 2.24) is 4.90 Å². The lowest BCUT2D eigenvalue weighted by molar-refractivity contribution is -0.128. The van der Waals surface area contributed by atoms with Gasteiger partial charge in [0.25, 0.3) is 0 Å². The van der Waals surface area contributed by atoms with Gasteiger partial charge in [-0.25, -0.2) is 4.99 Å². The number of nitrogens with two attached hydrogens (primary N) is 1. The predicted octanol–water partition coefficient (Wildman–Crippen LogP) is 3.35. The third-order valence-corrected chi connectivity index (χ3v) is 4.12. The van der Waals surface area contributed by atoms with E-state index in [2.05, 4.69) is 16.4 Å². The molecular formula is C19H23IN4O. The van der Waals surface area contributed by atoms with Gasteiger partial charge in [0.1, 0.15) is 0 Å². The van der Waals surface area contributed by atoms with Crippen LogP contribution in [0.2, 0.25) is 0 Å². The topological polar surface area (TPSA) is 70.7 Å². The molecule has 1 heterocycles. The molecule has 1 amide bonds. The number of para-hydroxylation sites is 1. The van der Waals surface area contributed by atoms with Gasteiger partial charge >= 0.3 is 0 Å². The number of benzene rings is 2. The number of amides is 1. The van der Waals surface area contributed by atoms with Gasteiger partial charge in [0.2, 0.25) is 5.91 Å². The first-order chi connectivity index (χ1) is 11.7. The summed E-state index contributed by atoms with van der Waals surface area (Å²) in [6, 6.07) is 17.8. The number of likely N-dealkylation sites (tertiary alicyclic amines) is 1. The van der Waals surface area contributed by atoms with Crippen LogP contribution in [0.15, 0.2) is 59.6 Å². The molecule has 5 nitrogen and oxygen atoms in total. The maximum atomic E-state index is 11.8. The van der Waals surface area contributed by atoms with Crippen LogP contribution in [-0.4, -0.2) is 23.3 Å². The highest BCUT2D eigenvalue weighted by Gasteiger charge is 2.20. The number of carbonyl (C=O) groups excluding carboxylic acids is 1. The molecule has 0 atom stereocenters. The largest absolute Gasteiger partial charge is 0.370 e. The number of nitrogens with one attached hydrogen (secondary N) is 1. The number of halogens is 1. The van der Waals surface area contributed by atoms with Crippen LogP contribution >= 0.6 is 24.0 Å². The maximum absolute atomic E-state index is 11.8. The van der Waals surface area contributed by atoms with E-state index in [4.69, 9.17) is 5.73 Å². The van der Waals surface area contributed by atoms with Crippen LogP contribution in [0.3, 0.4) is 0 Å². The minimum absolute atomic E-state index is 0. The highest BCUT2D eigenvalue weighted by Crippen LogP contribution is 2.18. The minimum Gasteiger partial charge on any atom is -0.370 e. The van der Waals surface area contributed by atoms with Gasteiger partial charge in [-0.3, -0.25) is 4.79 Å². The summed E-state index contributed by atoms with van der Waals surface area (Å²) in [6.45, 7) is 1.98. The summed E-state index contributed by atoms with van der Waals surface area (Å²) in [5.74, 6) is 0.617. The molecular weight excluding hydrogens is 427 g/mol. The second kappa shape index (κ2) is 9.41. The Balaban J connectivity index is 0.00000225. The third-order valence-electron chi connectivity index (χ3n) is 4.12. The Labute approximate surface area is 165 Å². The van der Waals surface area contributed by atoms with Crippen LogP contribution in [0, 0.1) is 0 Å². The summed E-state index contributed by atoms with van der Waals surface area (Å²) < 4.78 is 0. The molecule has 25 heavy (non-hydrogen) atoms. The molecule has 0 aliphatic carbocycles. The highest BCUT2D eigenvalue weighted by molar-refractivity contribution is 14.0. The van der Waals surface area contributed by atoms with E-state index in [9.17, 15) is 4.79 Å². The van der Waals surface area contributed by atoms with E-state index >= 15 is 0 Å². The van der Waals surface area contributed by atoms with Crippen LogP contribution < -0.4 is 11.1 Å². The van der Waals surface area contributed by atoms with Gasteiger partial charge < -0.3 is 16.0 Å². The fourth-order valence-electron chi connectivity index (χ4n) is 2.82. The van der Waals surface area contributed by atoms with Gasteiger partial charge in [0, 0.05) is 25.2 Å². The van der Waals surface area contributed by atoms with Crippen LogP contribution in [0.1, 0.15) is 24.0 Å². The molecule has 1 saturated heterocycles. The SMILES string of the molecule is I.NC(=NCc1ccccc1CN1CCCC1=O)Nc1ccccc1. The van der Waals surface area contributed by atoms with E-state index in [1.165, 1.54) is 0 Å². The van der Waals surface area contributed by atoms with Crippen LogP contribution in [0.5, 0.6) is 0 Å². The molecule has 132 valence electrons. The zero-order chi connectivity index (χ0) is 16.8. The Morgan fingerprint density at radius 2 is 1.76 bits per heavy atom. The number of hydrogen-bond acceptors (Lipinski definition) is 2. The van der Waals surface area contributed by atoms with E-state index in [0.29, 0.717) is 25.5 Å². The normalized spacial score (nSPS) is 14.3. The predicted molar refractivity (Wildman–Crippen MR) is 112 cm³/mol. The van der Waals surface area contributed by atoms with E-state index < -0.39 is 0 Å². The number of rotatable bonds is 5. The molecule has 3 rings (SSSR count). The number of nitrogens with zero attached hydrogens (tertiary/aromatic N) is 2. The molecule has 3 N–H and O–H groups in total. The monoisotopic (exact) mass is 450 g/mol. The summed E-state index contributed by atoms with van der Waals surface area (Å²) in [4.78, 5) is 18.2. The fourth-order valence-corrected chi connectivity index (χ4v) is 2.82. The number of guanidine groups is 1. The minimum atomic E-state index is 0. The van der Waals surface area contributed by atoms with E-state index in [0.717, 1.165) is 29.8 Å². The fraction of sp³-hybridized carbons (Fsp3) is 0.263. The van der Waals surface area contributed by atoms with Crippen molar-refractivity contribution in [2.45, 2.75) is 25.9 Å². The lowest BCUT2D eigenvalue weighted by atomic mass is 10.1.